The molecule has 0 bridgehead atoms. The summed E-state index contributed by atoms with van der Waals surface area (Å²) in [6.07, 6.45) is 1.80. The summed E-state index contributed by atoms with van der Waals surface area (Å²) in [5.41, 5.74) is 7.90. The molecular formula is C15H24N2O3S. The molecule has 0 heterocycles. The molecule has 0 saturated heterocycles. The van der Waals surface area contributed by atoms with Crippen LogP contribution in [-0.4, -0.2) is 26.6 Å². The minimum atomic E-state index is -3.11. The number of rotatable bonds is 6. The van der Waals surface area contributed by atoms with Crippen molar-refractivity contribution in [2.24, 2.45) is 11.7 Å². The van der Waals surface area contributed by atoms with E-state index in [1.165, 1.54) is 6.26 Å². The van der Waals surface area contributed by atoms with Crippen LogP contribution in [0.1, 0.15) is 31.4 Å². The first kappa shape index (κ1) is 17.7. The van der Waals surface area contributed by atoms with Crippen LogP contribution in [0.4, 0.5) is 5.69 Å². The zero-order valence-electron chi connectivity index (χ0n) is 13.0. The Balaban J connectivity index is 2.90. The van der Waals surface area contributed by atoms with E-state index in [0.717, 1.165) is 5.56 Å². The average molecular weight is 312 g/mol. The molecule has 0 unspecified atom stereocenters. The van der Waals surface area contributed by atoms with Crippen molar-refractivity contribution in [2.75, 3.05) is 11.6 Å². The van der Waals surface area contributed by atoms with Gasteiger partial charge in [-0.05, 0) is 36.5 Å². The third-order valence-corrected chi connectivity index (χ3v) is 4.02. The maximum Gasteiger partial charge on any atom is 0.241 e. The number of nitrogens with two attached hydrogens (primary N) is 1. The molecule has 0 saturated carbocycles. The van der Waals surface area contributed by atoms with Crippen LogP contribution in [0.5, 0.6) is 0 Å². The summed E-state index contributed by atoms with van der Waals surface area (Å²) in [7, 11) is -3.11. The summed E-state index contributed by atoms with van der Waals surface area (Å²) in [6.45, 7) is 5.81. The molecule has 0 aliphatic heterocycles. The molecule has 0 aromatic heterocycles. The summed E-state index contributed by atoms with van der Waals surface area (Å²) in [4.78, 5) is 12.0. The number of benzene rings is 1. The molecule has 0 aliphatic carbocycles. The lowest BCUT2D eigenvalue weighted by Crippen LogP contribution is -2.36. The second kappa shape index (κ2) is 7.04. The number of carbonyl (C=O) groups excluding carboxylic acids is 1. The lowest BCUT2D eigenvalue weighted by Gasteiger charge is -2.16. The molecular weight excluding hydrogens is 288 g/mol. The first-order chi connectivity index (χ1) is 9.60. The molecule has 1 atom stereocenters. The number of carbonyl (C=O) groups is 1. The van der Waals surface area contributed by atoms with E-state index in [1.807, 2.05) is 13.8 Å². The van der Waals surface area contributed by atoms with Crippen LogP contribution in [0.25, 0.3) is 0 Å². The molecule has 1 rings (SSSR count). The Labute approximate surface area is 126 Å². The van der Waals surface area contributed by atoms with E-state index in [4.69, 9.17) is 5.73 Å². The molecule has 1 aromatic carbocycles. The van der Waals surface area contributed by atoms with Gasteiger partial charge < -0.3 is 11.1 Å². The highest BCUT2D eigenvalue weighted by atomic mass is 32.2. The van der Waals surface area contributed by atoms with Crippen molar-refractivity contribution in [1.82, 2.24) is 0 Å². The molecule has 6 heteroatoms. The molecule has 0 radical (unpaired) electrons. The van der Waals surface area contributed by atoms with E-state index in [2.05, 4.69) is 5.32 Å². The normalized spacial score (nSPS) is 13.2. The zero-order chi connectivity index (χ0) is 16.2. The molecule has 0 fully saturated rings. The third kappa shape index (κ3) is 5.85. The molecule has 5 nitrogen and oxygen atoms in total. The number of hydrogen-bond donors (Lipinski definition) is 2. The van der Waals surface area contributed by atoms with Crippen LogP contribution < -0.4 is 11.1 Å². The van der Waals surface area contributed by atoms with E-state index < -0.39 is 15.9 Å². The minimum Gasteiger partial charge on any atom is -0.324 e. The predicted molar refractivity (Wildman–Crippen MR) is 85.8 cm³/mol. The lowest BCUT2D eigenvalue weighted by atomic mass is 10.0. The summed E-state index contributed by atoms with van der Waals surface area (Å²) >= 11 is 0. The Kier molecular flexibility index (Phi) is 5.92. The Morgan fingerprint density at radius 3 is 2.48 bits per heavy atom. The van der Waals surface area contributed by atoms with Crippen LogP contribution in [0.2, 0.25) is 0 Å². The zero-order valence-corrected chi connectivity index (χ0v) is 13.8. The molecule has 1 amide bonds. The largest absolute Gasteiger partial charge is 0.324 e. The van der Waals surface area contributed by atoms with Gasteiger partial charge in [0.05, 0.1) is 11.8 Å². The van der Waals surface area contributed by atoms with Gasteiger partial charge in [-0.2, -0.15) is 0 Å². The van der Waals surface area contributed by atoms with E-state index >= 15 is 0 Å². The second-order valence-corrected chi connectivity index (χ2v) is 8.03. The number of hydrogen-bond acceptors (Lipinski definition) is 4. The Morgan fingerprint density at radius 2 is 1.95 bits per heavy atom. The van der Waals surface area contributed by atoms with Crippen molar-refractivity contribution in [1.29, 1.82) is 0 Å². The van der Waals surface area contributed by atoms with Crippen molar-refractivity contribution >= 4 is 21.4 Å². The quantitative estimate of drug-likeness (QED) is 0.839. The number of amides is 1. The maximum absolute atomic E-state index is 12.0. The van der Waals surface area contributed by atoms with Crippen LogP contribution in [0, 0.1) is 12.8 Å². The fourth-order valence-electron chi connectivity index (χ4n) is 2.10. The van der Waals surface area contributed by atoms with Gasteiger partial charge in [-0.25, -0.2) is 8.42 Å². The molecule has 0 aliphatic rings. The highest BCUT2D eigenvalue weighted by Gasteiger charge is 2.17. The van der Waals surface area contributed by atoms with Gasteiger partial charge in [0, 0.05) is 11.9 Å². The molecule has 118 valence electrons. The van der Waals surface area contributed by atoms with Gasteiger partial charge in [0.15, 0.2) is 9.84 Å². The Morgan fingerprint density at radius 1 is 1.33 bits per heavy atom. The molecule has 1 aromatic rings. The average Bonchev–Trinajstić information content (AvgIpc) is 2.31. The maximum atomic E-state index is 12.0. The SMILES string of the molecule is Cc1c(CS(C)(=O)=O)cccc1NC(=O)[C@@H](N)CC(C)C. The molecule has 3 N–H and O–H groups in total. The number of nitrogens with one attached hydrogen (secondary N) is 1. The van der Waals surface area contributed by atoms with Crippen molar-refractivity contribution < 1.29 is 13.2 Å². The van der Waals surface area contributed by atoms with Gasteiger partial charge >= 0.3 is 0 Å². The minimum absolute atomic E-state index is 0.0411. The van der Waals surface area contributed by atoms with E-state index in [9.17, 15) is 13.2 Å². The number of sulfone groups is 1. The smallest absolute Gasteiger partial charge is 0.241 e. The first-order valence-corrected chi connectivity index (χ1v) is 8.99. The van der Waals surface area contributed by atoms with Crippen LogP contribution in [0.15, 0.2) is 18.2 Å². The van der Waals surface area contributed by atoms with Gasteiger partial charge in [-0.15, -0.1) is 0 Å². The van der Waals surface area contributed by atoms with Gasteiger partial charge in [-0.3, -0.25) is 4.79 Å². The number of anilines is 1. The van der Waals surface area contributed by atoms with Crippen LogP contribution >= 0.6 is 0 Å². The Hall–Kier alpha value is -1.40. The van der Waals surface area contributed by atoms with Crippen LogP contribution in [0.3, 0.4) is 0 Å². The lowest BCUT2D eigenvalue weighted by molar-refractivity contribution is -0.117. The molecule has 21 heavy (non-hydrogen) atoms. The van der Waals surface area contributed by atoms with Crippen molar-refractivity contribution in [2.45, 2.75) is 39.0 Å². The van der Waals surface area contributed by atoms with Gasteiger partial charge in [0.2, 0.25) is 5.91 Å². The first-order valence-electron chi connectivity index (χ1n) is 6.93. The van der Waals surface area contributed by atoms with Gasteiger partial charge in [0.25, 0.3) is 0 Å². The summed E-state index contributed by atoms with van der Waals surface area (Å²) in [6, 6.07) is 4.67. The van der Waals surface area contributed by atoms with Crippen molar-refractivity contribution in [3.05, 3.63) is 29.3 Å². The fourth-order valence-corrected chi connectivity index (χ4v) is 2.98. The molecule has 0 spiro atoms. The van der Waals surface area contributed by atoms with E-state index in [0.29, 0.717) is 23.6 Å². The third-order valence-electron chi connectivity index (χ3n) is 3.18. The van der Waals surface area contributed by atoms with Crippen molar-refractivity contribution in [3.8, 4) is 0 Å². The standard InChI is InChI=1S/C15H24N2O3S/c1-10(2)8-13(16)15(18)17-14-7-5-6-12(11(14)3)9-21(4,19)20/h5-7,10,13H,8-9,16H2,1-4H3,(H,17,18)/t13-/m0/s1. The Bertz CT molecular complexity index is 609. The highest BCUT2D eigenvalue weighted by Crippen LogP contribution is 2.21. The highest BCUT2D eigenvalue weighted by molar-refractivity contribution is 7.89. The van der Waals surface area contributed by atoms with E-state index in [1.54, 1.807) is 25.1 Å². The summed E-state index contributed by atoms with van der Waals surface area (Å²) in [5.74, 6) is 0.0485. The summed E-state index contributed by atoms with van der Waals surface area (Å²) < 4.78 is 22.8. The van der Waals surface area contributed by atoms with E-state index in [-0.39, 0.29) is 11.7 Å². The summed E-state index contributed by atoms with van der Waals surface area (Å²) in [5, 5.41) is 2.78. The van der Waals surface area contributed by atoms with Crippen LogP contribution in [-0.2, 0) is 20.4 Å². The topological polar surface area (TPSA) is 89.3 Å². The van der Waals surface area contributed by atoms with Gasteiger partial charge in [-0.1, -0.05) is 26.0 Å². The fraction of sp³-hybridized carbons (Fsp3) is 0.533. The second-order valence-electron chi connectivity index (χ2n) is 5.89. The predicted octanol–water partition coefficient (Wildman–Crippen LogP) is 1.85. The monoisotopic (exact) mass is 312 g/mol. The van der Waals surface area contributed by atoms with Crippen molar-refractivity contribution in [3.63, 3.8) is 0 Å². The van der Waals surface area contributed by atoms with Gasteiger partial charge in [0.1, 0.15) is 0 Å².